The van der Waals surface area contributed by atoms with E-state index < -0.39 is 6.10 Å². The number of nitrogens with one attached hydrogen (secondary N) is 2. The number of hydrogen-bond donors (Lipinski definition) is 3. The fraction of sp³-hybridized carbons (Fsp3) is 0.500. The summed E-state index contributed by atoms with van der Waals surface area (Å²) in [5.41, 5.74) is 0.634. The third-order valence-corrected chi connectivity index (χ3v) is 2.85. The number of benzene rings is 1. The second-order valence-corrected chi connectivity index (χ2v) is 4.32. The summed E-state index contributed by atoms with van der Waals surface area (Å²) < 4.78 is 10.3. The van der Waals surface area contributed by atoms with Gasteiger partial charge in [0, 0.05) is 25.6 Å². The molecule has 0 spiro atoms. The van der Waals surface area contributed by atoms with Crippen LogP contribution in [0, 0.1) is 0 Å². The Kier molecular flexibility index (Phi) is 9.53. The summed E-state index contributed by atoms with van der Waals surface area (Å²) in [6.07, 6.45) is -0.428. The van der Waals surface area contributed by atoms with E-state index in [-0.39, 0.29) is 24.9 Å². The minimum atomic E-state index is -0.808. The first-order chi connectivity index (χ1) is 9.60. The molecule has 21 heavy (non-hydrogen) atoms. The highest BCUT2D eigenvalue weighted by Crippen LogP contribution is 2.26. The zero-order valence-corrected chi connectivity index (χ0v) is 13.3. The lowest BCUT2D eigenvalue weighted by atomic mass is 10.1. The molecule has 0 bridgehead atoms. The van der Waals surface area contributed by atoms with E-state index in [0.717, 1.165) is 0 Å². The van der Waals surface area contributed by atoms with Crippen LogP contribution in [-0.4, -0.2) is 45.4 Å². The molecule has 0 radical (unpaired) electrons. The van der Waals surface area contributed by atoms with Crippen LogP contribution in [0.3, 0.4) is 0 Å². The van der Waals surface area contributed by atoms with Crippen LogP contribution in [0.25, 0.3) is 0 Å². The number of amides is 1. The molecule has 1 unspecified atom stereocenters. The van der Waals surface area contributed by atoms with E-state index >= 15 is 0 Å². The molecule has 120 valence electrons. The number of aliphatic hydroxyl groups is 1. The SMILES string of the molecule is CNCCC(=O)NCC(O)c1cc(OC)cc(OC)c1.Cl. The standard InChI is InChI=1S/C14H22N2O4.ClH/c1-15-5-4-14(18)16-9-13(17)10-6-11(19-2)8-12(7-10)20-3;/h6-8,13,15,17H,4-5,9H2,1-3H3,(H,16,18);1H. The quantitative estimate of drug-likeness (QED) is 0.663. The minimum Gasteiger partial charge on any atom is -0.497 e. The number of carbonyl (C=O) groups excluding carboxylic acids is 1. The molecule has 0 heterocycles. The van der Waals surface area contributed by atoms with Crippen molar-refractivity contribution in [1.29, 1.82) is 0 Å². The second-order valence-electron chi connectivity index (χ2n) is 4.32. The average Bonchev–Trinajstić information content (AvgIpc) is 2.49. The summed E-state index contributed by atoms with van der Waals surface area (Å²) >= 11 is 0. The van der Waals surface area contributed by atoms with Crippen molar-refractivity contribution in [3.8, 4) is 11.5 Å². The predicted octanol–water partition coefficient (Wildman–Crippen LogP) is 0.885. The number of hydrogen-bond acceptors (Lipinski definition) is 5. The highest BCUT2D eigenvalue weighted by Gasteiger charge is 2.12. The second kappa shape index (κ2) is 10.3. The van der Waals surface area contributed by atoms with Crippen LogP contribution in [0.5, 0.6) is 11.5 Å². The number of halogens is 1. The highest BCUT2D eigenvalue weighted by atomic mass is 35.5. The molecule has 7 heteroatoms. The van der Waals surface area contributed by atoms with Gasteiger partial charge in [-0.15, -0.1) is 12.4 Å². The van der Waals surface area contributed by atoms with Gasteiger partial charge in [0.25, 0.3) is 0 Å². The van der Waals surface area contributed by atoms with Crippen LogP contribution in [0.2, 0.25) is 0 Å². The summed E-state index contributed by atoms with van der Waals surface area (Å²) in [5, 5.41) is 15.7. The van der Waals surface area contributed by atoms with Gasteiger partial charge in [-0.25, -0.2) is 0 Å². The lowest BCUT2D eigenvalue weighted by Gasteiger charge is -2.14. The van der Waals surface area contributed by atoms with Crippen molar-refractivity contribution in [2.75, 3.05) is 34.4 Å². The molecular formula is C14H23ClN2O4. The van der Waals surface area contributed by atoms with E-state index in [2.05, 4.69) is 10.6 Å². The Morgan fingerprint density at radius 2 is 1.81 bits per heavy atom. The van der Waals surface area contributed by atoms with Gasteiger partial charge in [0.1, 0.15) is 11.5 Å². The fourth-order valence-electron chi connectivity index (χ4n) is 1.68. The van der Waals surface area contributed by atoms with Crippen molar-refractivity contribution in [2.45, 2.75) is 12.5 Å². The van der Waals surface area contributed by atoms with Crippen molar-refractivity contribution < 1.29 is 19.4 Å². The maximum atomic E-state index is 11.5. The molecule has 0 aromatic heterocycles. The molecule has 3 N–H and O–H groups in total. The molecule has 6 nitrogen and oxygen atoms in total. The zero-order chi connectivity index (χ0) is 15.0. The Balaban J connectivity index is 0.00000400. The van der Waals surface area contributed by atoms with Gasteiger partial charge < -0.3 is 25.2 Å². The minimum absolute atomic E-state index is 0. The lowest BCUT2D eigenvalue weighted by Crippen LogP contribution is -2.30. The van der Waals surface area contributed by atoms with Gasteiger partial charge in [-0.3, -0.25) is 4.79 Å². The normalized spacial score (nSPS) is 11.2. The summed E-state index contributed by atoms with van der Waals surface area (Å²) in [6, 6.07) is 5.15. The number of ether oxygens (including phenoxy) is 2. The van der Waals surface area contributed by atoms with Gasteiger partial charge in [-0.1, -0.05) is 0 Å². The summed E-state index contributed by atoms with van der Waals surface area (Å²) in [6.45, 7) is 0.758. The molecular weight excluding hydrogens is 296 g/mol. The van der Waals surface area contributed by atoms with E-state index in [1.54, 1.807) is 39.5 Å². The Morgan fingerprint density at radius 3 is 2.29 bits per heavy atom. The van der Waals surface area contributed by atoms with Crippen LogP contribution in [-0.2, 0) is 4.79 Å². The van der Waals surface area contributed by atoms with Crippen molar-refractivity contribution >= 4 is 18.3 Å². The van der Waals surface area contributed by atoms with E-state index in [0.29, 0.717) is 30.0 Å². The van der Waals surface area contributed by atoms with Gasteiger partial charge in [0.15, 0.2) is 0 Å². The maximum absolute atomic E-state index is 11.5. The fourth-order valence-corrected chi connectivity index (χ4v) is 1.68. The Hall–Kier alpha value is -1.50. The molecule has 1 amide bonds. The first kappa shape index (κ1) is 19.5. The molecule has 1 aromatic rings. The monoisotopic (exact) mass is 318 g/mol. The van der Waals surface area contributed by atoms with Gasteiger partial charge in [0.05, 0.1) is 20.3 Å². The van der Waals surface area contributed by atoms with Crippen LogP contribution < -0.4 is 20.1 Å². The van der Waals surface area contributed by atoms with Crippen LogP contribution >= 0.6 is 12.4 Å². The molecule has 1 aromatic carbocycles. The Labute approximate surface area is 131 Å². The third-order valence-electron chi connectivity index (χ3n) is 2.85. The van der Waals surface area contributed by atoms with E-state index in [1.165, 1.54) is 0 Å². The number of methoxy groups -OCH3 is 2. The van der Waals surface area contributed by atoms with Gasteiger partial charge in [0.2, 0.25) is 5.91 Å². The molecule has 0 aliphatic carbocycles. The molecule has 0 fully saturated rings. The average molecular weight is 319 g/mol. The lowest BCUT2D eigenvalue weighted by molar-refractivity contribution is -0.121. The van der Waals surface area contributed by atoms with E-state index in [1.807, 2.05) is 0 Å². The van der Waals surface area contributed by atoms with Gasteiger partial charge in [-0.05, 0) is 24.7 Å². The van der Waals surface area contributed by atoms with E-state index in [4.69, 9.17) is 9.47 Å². The molecule has 1 atom stereocenters. The van der Waals surface area contributed by atoms with Crippen LogP contribution in [0.4, 0.5) is 0 Å². The molecule has 0 aliphatic heterocycles. The molecule has 0 saturated heterocycles. The van der Waals surface area contributed by atoms with Crippen molar-refractivity contribution in [3.05, 3.63) is 23.8 Å². The van der Waals surface area contributed by atoms with Crippen LogP contribution in [0.1, 0.15) is 18.1 Å². The first-order valence-corrected chi connectivity index (χ1v) is 6.43. The summed E-state index contributed by atoms with van der Waals surface area (Å²) in [4.78, 5) is 11.5. The number of carbonyl (C=O) groups is 1. The van der Waals surface area contributed by atoms with Crippen molar-refractivity contribution in [3.63, 3.8) is 0 Å². The van der Waals surface area contributed by atoms with Crippen LogP contribution in [0.15, 0.2) is 18.2 Å². The summed E-state index contributed by atoms with van der Waals surface area (Å²) in [5.74, 6) is 1.09. The maximum Gasteiger partial charge on any atom is 0.221 e. The third kappa shape index (κ3) is 6.66. The molecule has 1 rings (SSSR count). The van der Waals surface area contributed by atoms with Crippen molar-refractivity contribution in [1.82, 2.24) is 10.6 Å². The van der Waals surface area contributed by atoms with Gasteiger partial charge in [-0.2, -0.15) is 0 Å². The number of rotatable bonds is 8. The molecule has 0 aliphatic rings. The largest absolute Gasteiger partial charge is 0.497 e. The van der Waals surface area contributed by atoms with Gasteiger partial charge >= 0.3 is 0 Å². The topological polar surface area (TPSA) is 79.8 Å². The predicted molar refractivity (Wildman–Crippen MR) is 83.3 cm³/mol. The van der Waals surface area contributed by atoms with Crippen molar-refractivity contribution in [2.24, 2.45) is 0 Å². The Morgan fingerprint density at radius 1 is 1.24 bits per heavy atom. The first-order valence-electron chi connectivity index (χ1n) is 6.43. The highest BCUT2D eigenvalue weighted by molar-refractivity contribution is 5.85. The zero-order valence-electron chi connectivity index (χ0n) is 12.5. The summed E-state index contributed by atoms with van der Waals surface area (Å²) in [7, 11) is 4.87. The smallest absolute Gasteiger partial charge is 0.221 e. The Bertz CT molecular complexity index is 421. The molecule has 0 saturated carbocycles. The van der Waals surface area contributed by atoms with E-state index in [9.17, 15) is 9.90 Å². The number of aliphatic hydroxyl groups excluding tert-OH is 1.